The molecule has 1 aromatic heterocycles. The highest BCUT2D eigenvalue weighted by atomic mass is 19.4. The van der Waals surface area contributed by atoms with Crippen LogP contribution in [0.25, 0.3) is 0 Å². The van der Waals surface area contributed by atoms with Gasteiger partial charge in [0.05, 0.1) is 18.7 Å². The molecular weight excluding hydrogens is 421 g/mol. The number of carbonyl (C=O) groups is 3. The Bertz CT molecular complexity index is 788. The van der Waals surface area contributed by atoms with E-state index < -0.39 is 12.1 Å². The van der Waals surface area contributed by atoms with Crippen LogP contribution in [0.4, 0.5) is 13.2 Å². The lowest BCUT2D eigenvalue weighted by molar-refractivity contribution is -0.192. The molecule has 0 aliphatic carbocycles. The summed E-state index contributed by atoms with van der Waals surface area (Å²) in [5, 5.41) is 11.4. The van der Waals surface area contributed by atoms with Crippen LogP contribution >= 0.6 is 0 Å². The molecule has 1 aromatic rings. The van der Waals surface area contributed by atoms with Gasteiger partial charge in [-0.2, -0.15) is 18.3 Å². The number of halogens is 3. The maximum atomic E-state index is 12.4. The molecule has 3 heterocycles. The van der Waals surface area contributed by atoms with Crippen LogP contribution in [0.5, 0.6) is 0 Å². The third-order valence-corrected chi connectivity index (χ3v) is 5.49. The molecule has 1 spiro atoms. The van der Waals surface area contributed by atoms with E-state index in [9.17, 15) is 22.8 Å². The predicted octanol–water partition coefficient (Wildman–Crippen LogP) is 1.08. The molecule has 31 heavy (non-hydrogen) atoms. The number of hydrogen-bond donors (Lipinski definition) is 1. The molecule has 2 saturated heterocycles. The molecule has 3 rings (SSSR count). The van der Waals surface area contributed by atoms with E-state index in [4.69, 9.17) is 14.6 Å². The Kier molecular flexibility index (Phi) is 8.04. The van der Waals surface area contributed by atoms with Gasteiger partial charge in [0.25, 0.3) is 0 Å². The molecular formula is C19H27F3N4O5. The lowest BCUT2D eigenvalue weighted by Gasteiger charge is -2.38. The van der Waals surface area contributed by atoms with Crippen molar-refractivity contribution in [3.8, 4) is 0 Å². The summed E-state index contributed by atoms with van der Waals surface area (Å²) in [5.41, 5.74) is 0.858. The molecule has 0 unspecified atom stereocenters. The Morgan fingerprint density at radius 2 is 1.90 bits per heavy atom. The van der Waals surface area contributed by atoms with Crippen molar-refractivity contribution in [1.29, 1.82) is 0 Å². The standard InChI is InChI=1S/C17H26N4O3.C2HF3O2/c1-19-6-3-14(18-19)11-15(22)20-7-4-17(5-8-20)12-16(23)21(13-17)9-10-24-2;3-2(4,5)1(6)7/h3,6H,4-5,7-13H2,1-2H3;(H,6,7). The summed E-state index contributed by atoms with van der Waals surface area (Å²) in [6.07, 6.45) is -0.468. The topological polar surface area (TPSA) is 105 Å². The maximum absolute atomic E-state index is 12.4. The fourth-order valence-corrected chi connectivity index (χ4v) is 3.78. The number of carboxylic acids is 1. The van der Waals surface area contributed by atoms with Gasteiger partial charge < -0.3 is 19.6 Å². The quantitative estimate of drug-likeness (QED) is 0.723. The van der Waals surface area contributed by atoms with Gasteiger partial charge in [-0.25, -0.2) is 4.79 Å². The van der Waals surface area contributed by atoms with E-state index in [1.165, 1.54) is 0 Å². The summed E-state index contributed by atoms with van der Waals surface area (Å²) in [6.45, 7) is 3.52. The van der Waals surface area contributed by atoms with Crippen molar-refractivity contribution in [2.24, 2.45) is 12.5 Å². The molecule has 2 fully saturated rings. The number of carbonyl (C=O) groups excluding carboxylic acids is 2. The van der Waals surface area contributed by atoms with Crippen LogP contribution in [0.1, 0.15) is 25.0 Å². The second-order valence-electron chi connectivity index (χ2n) is 7.83. The summed E-state index contributed by atoms with van der Waals surface area (Å²) in [6, 6.07) is 1.88. The number of nitrogens with zero attached hydrogens (tertiary/aromatic N) is 4. The number of amides is 2. The van der Waals surface area contributed by atoms with Gasteiger partial charge in [-0.05, 0) is 18.9 Å². The first-order valence-electron chi connectivity index (χ1n) is 9.79. The van der Waals surface area contributed by atoms with Crippen molar-refractivity contribution in [1.82, 2.24) is 19.6 Å². The minimum atomic E-state index is -5.08. The van der Waals surface area contributed by atoms with Gasteiger partial charge in [-0.15, -0.1) is 0 Å². The molecule has 0 bridgehead atoms. The highest BCUT2D eigenvalue weighted by Gasteiger charge is 2.45. The zero-order valence-corrected chi connectivity index (χ0v) is 17.5. The number of alkyl halides is 3. The van der Waals surface area contributed by atoms with E-state index in [1.807, 2.05) is 29.1 Å². The second kappa shape index (κ2) is 10.1. The molecule has 0 saturated carbocycles. The Balaban J connectivity index is 0.000000423. The van der Waals surface area contributed by atoms with Crippen LogP contribution in [0.3, 0.4) is 0 Å². The van der Waals surface area contributed by atoms with Gasteiger partial charge in [0.1, 0.15) is 0 Å². The number of aromatic nitrogens is 2. The van der Waals surface area contributed by atoms with E-state index in [0.29, 0.717) is 26.0 Å². The van der Waals surface area contributed by atoms with E-state index in [0.717, 1.165) is 38.2 Å². The molecule has 2 aliphatic heterocycles. The number of aliphatic carboxylic acids is 1. The third-order valence-electron chi connectivity index (χ3n) is 5.49. The van der Waals surface area contributed by atoms with Crippen molar-refractivity contribution in [3.05, 3.63) is 18.0 Å². The SMILES string of the molecule is COCCN1CC2(CCN(C(=O)Cc3ccn(C)n3)CC2)CC1=O.O=C(O)C(F)(F)F. The van der Waals surface area contributed by atoms with E-state index >= 15 is 0 Å². The van der Waals surface area contributed by atoms with Crippen LogP contribution < -0.4 is 0 Å². The smallest absolute Gasteiger partial charge is 0.475 e. The van der Waals surface area contributed by atoms with Crippen LogP contribution in [0.2, 0.25) is 0 Å². The number of methoxy groups -OCH3 is 1. The first kappa shape index (κ1) is 24.6. The Labute approximate surface area is 177 Å². The Morgan fingerprint density at radius 3 is 2.39 bits per heavy atom. The zero-order chi connectivity index (χ0) is 23.2. The molecule has 0 atom stereocenters. The molecule has 2 aliphatic rings. The molecule has 9 nitrogen and oxygen atoms in total. The number of ether oxygens (including phenoxy) is 1. The van der Waals surface area contributed by atoms with Gasteiger partial charge in [0.15, 0.2) is 0 Å². The average molecular weight is 448 g/mol. The normalized spacial score (nSPS) is 18.2. The monoisotopic (exact) mass is 448 g/mol. The first-order chi connectivity index (χ1) is 14.5. The Hall–Kier alpha value is -2.63. The summed E-state index contributed by atoms with van der Waals surface area (Å²) in [4.78, 5) is 37.4. The second-order valence-corrected chi connectivity index (χ2v) is 7.83. The van der Waals surface area contributed by atoms with E-state index in [1.54, 1.807) is 11.8 Å². The summed E-state index contributed by atoms with van der Waals surface area (Å²) in [5.74, 6) is -2.41. The highest BCUT2D eigenvalue weighted by Crippen LogP contribution is 2.41. The van der Waals surface area contributed by atoms with Gasteiger partial charge in [-0.3, -0.25) is 14.3 Å². The summed E-state index contributed by atoms with van der Waals surface area (Å²) >= 11 is 0. The minimum absolute atomic E-state index is 0.0482. The Morgan fingerprint density at radius 1 is 1.29 bits per heavy atom. The highest BCUT2D eigenvalue weighted by molar-refractivity contribution is 5.80. The molecule has 174 valence electrons. The van der Waals surface area contributed by atoms with Crippen LogP contribution in [-0.2, 0) is 32.6 Å². The van der Waals surface area contributed by atoms with Gasteiger partial charge in [-0.1, -0.05) is 0 Å². The first-order valence-corrected chi connectivity index (χ1v) is 9.79. The number of likely N-dealkylation sites (tertiary alicyclic amines) is 2. The molecule has 2 amide bonds. The molecule has 0 radical (unpaired) electrons. The van der Waals surface area contributed by atoms with Crippen molar-refractivity contribution < 1.29 is 37.4 Å². The predicted molar refractivity (Wildman–Crippen MR) is 102 cm³/mol. The lowest BCUT2D eigenvalue weighted by atomic mass is 9.77. The van der Waals surface area contributed by atoms with Gasteiger partial charge in [0.2, 0.25) is 11.8 Å². The van der Waals surface area contributed by atoms with E-state index in [2.05, 4.69) is 5.10 Å². The molecule has 0 aromatic carbocycles. The summed E-state index contributed by atoms with van der Waals surface area (Å²) in [7, 11) is 3.51. The maximum Gasteiger partial charge on any atom is 0.490 e. The largest absolute Gasteiger partial charge is 0.490 e. The van der Waals surface area contributed by atoms with Gasteiger partial charge >= 0.3 is 12.1 Å². The van der Waals surface area contributed by atoms with Crippen LogP contribution in [0.15, 0.2) is 12.3 Å². The zero-order valence-electron chi connectivity index (χ0n) is 17.5. The van der Waals surface area contributed by atoms with Crippen molar-refractivity contribution in [2.75, 3.05) is 39.9 Å². The fourth-order valence-electron chi connectivity index (χ4n) is 3.78. The van der Waals surface area contributed by atoms with Crippen molar-refractivity contribution >= 4 is 17.8 Å². The number of piperidine rings is 1. The summed E-state index contributed by atoms with van der Waals surface area (Å²) < 4.78 is 38.5. The number of rotatable bonds is 5. The minimum Gasteiger partial charge on any atom is -0.475 e. The van der Waals surface area contributed by atoms with Crippen molar-refractivity contribution in [2.45, 2.75) is 31.9 Å². The number of carboxylic acid groups (broad SMARTS) is 1. The third kappa shape index (κ3) is 6.94. The van der Waals surface area contributed by atoms with E-state index in [-0.39, 0.29) is 17.2 Å². The lowest BCUT2D eigenvalue weighted by Crippen LogP contribution is -2.45. The fraction of sp³-hybridized carbons (Fsp3) is 0.684. The van der Waals surface area contributed by atoms with Crippen molar-refractivity contribution in [3.63, 3.8) is 0 Å². The number of hydrogen-bond acceptors (Lipinski definition) is 5. The molecule has 1 N–H and O–H groups in total. The average Bonchev–Trinajstić information content (AvgIpc) is 3.22. The number of aryl methyl sites for hydroxylation is 1. The molecule has 12 heteroatoms. The van der Waals surface area contributed by atoms with Gasteiger partial charge in [0, 0.05) is 58.4 Å². The van der Waals surface area contributed by atoms with Crippen LogP contribution in [0, 0.1) is 5.41 Å². The van der Waals surface area contributed by atoms with Crippen LogP contribution in [-0.4, -0.2) is 88.5 Å².